The van der Waals surface area contributed by atoms with Gasteiger partial charge in [-0.2, -0.15) is 10.5 Å². The van der Waals surface area contributed by atoms with E-state index in [0.717, 1.165) is 31.3 Å². The first-order valence-corrected chi connectivity index (χ1v) is 3.87. The molecule has 0 spiro atoms. The van der Waals surface area contributed by atoms with Crippen LogP contribution in [0, 0.1) is 28.6 Å². The van der Waals surface area contributed by atoms with Crippen LogP contribution in [0.5, 0.6) is 0 Å². The summed E-state index contributed by atoms with van der Waals surface area (Å²) in [5, 5.41) is 17.2. The smallest absolute Gasteiger partial charge is 0.0944 e. The first-order valence-electron chi connectivity index (χ1n) is 3.87. The second-order valence-corrected chi connectivity index (χ2v) is 2.79. The molecular weight excluding hydrogens is 136 g/mol. The van der Waals surface area contributed by atoms with Gasteiger partial charge in [0.1, 0.15) is 0 Å². The molecule has 0 bridgehead atoms. The minimum atomic E-state index is -0.0212. The molecule has 0 aromatic heterocycles. The van der Waals surface area contributed by atoms with E-state index in [4.69, 9.17) is 10.5 Å². The Balaban J connectivity index is 2.71. The normalized spacial score (nSPS) is 24.2. The first kappa shape index (κ1) is 7.82. The van der Waals surface area contributed by atoms with Crippen LogP contribution in [0.2, 0.25) is 0 Å². The third-order valence-corrected chi connectivity index (χ3v) is 1.92. The topological polar surface area (TPSA) is 47.6 Å². The summed E-state index contributed by atoms with van der Waals surface area (Å²) < 4.78 is 0. The van der Waals surface area contributed by atoms with Crippen LogP contribution in [0.25, 0.3) is 0 Å². The predicted molar refractivity (Wildman–Crippen MR) is 41.3 cm³/mol. The van der Waals surface area contributed by atoms with Gasteiger partial charge in [0, 0.05) is 5.57 Å². The van der Waals surface area contributed by atoms with Crippen molar-refractivity contribution >= 4 is 0 Å². The highest BCUT2D eigenvalue weighted by Crippen LogP contribution is 2.20. The fourth-order valence-electron chi connectivity index (χ4n) is 1.28. The van der Waals surface area contributed by atoms with Gasteiger partial charge in [-0.25, -0.2) is 0 Å². The van der Waals surface area contributed by atoms with Gasteiger partial charge in [-0.1, -0.05) is 12.5 Å². The zero-order valence-corrected chi connectivity index (χ0v) is 6.38. The summed E-state index contributed by atoms with van der Waals surface area (Å²) in [5.74, 6) is -0.0212. The summed E-state index contributed by atoms with van der Waals surface area (Å²) >= 11 is 0. The largest absolute Gasteiger partial charge is 0.198 e. The fourth-order valence-corrected chi connectivity index (χ4v) is 1.28. The molecule has 0 aliphatic heterocycles. The van der Waals surface area contributed by atoms with Crippen molar-refractivity contribution in [2.24, 2.45) is 5.92 Å². The van der Waals surface area contributed by atoms with Crippen molar-refractivity contribution in [3.8, 4) is 12.1 Å². The van der Waals surface area contributed by atoms with Crippen LogP contribution in [0.4, 0.5) is 0 Å². The minimum absolute atomic E-state index is 0.0212. The van der Waals surface area contributed by atoms with Crippen molar-refractivity contribution in [2.75, 3.05) is 0 Å². The summed E-state index contributed by atoms with van der Waals surface area (Å²) in [6.45, 7) is 0. The molecule has 1 aliphatic carbocycles. The van der Waals surface area contributed by atoms with Crippen molar-refractivity contribution in [3.05, 3.63) is 11.6 Å². The molecule has 1 aliphatic rings. The summed E-state index contributed by atoms with van der Waals surface area (Å²) in [6.07, 6.45) is 5.71. The molecular formula is C9H10N2. The monoisotopic (exact) mass is 146 g/mol. The Labute approximate surface area is 66.7 Å². The van der Waals surface area contributed by atoms with Gasteiger partial charge in [0.25, 0.3) is 0 Å². The molecule has 0 amide bonds. The first-order chi connectivity index (χ1) is 5.36. The van der Waals surface area contributed by atoms with E-state index < -0.39 is 0 Å². The van der Waals surface area contributed by atoms with Gasteiger partial charge in [-0.05, 0) is 19.3 Å². The number of allylic oxidation sites excluding steroid dienone is 2. The molecule has 11 heavy (non-hydrogen) atoms. The maximum atomic E-state index is 8.63. The zero-order chi connectivity index (χ0) is 8.10. The number of hydrogen-bond acceptors (Lipinski definition) is 2. The molecule has 1 rings (SSSR count). The summed E-state index contributed by atoms with van der Waals surface area (Å²) in [7, 11) is 0. The van der Waals surface area contributed by atoms with Gasteiger partial charge < -0.3 is 0 Å². The van der Waals surface area contributed by atoms with Crippen molar-refractivity contribution in [1.82, 2.24) is 0 Å². The fraction of sp³-hybridized carbons (Fsp3) is 0.556. The molecule has 0 aromatic rings. The second-order valence-electron chi connectivity index (χ2n) is 2.79. The zero-order valence-electron chi connectivity index (χ0n) is 6.38. The lowest BCUT2D eigenvalue weighted by molar-refractivity contribution is 0.652. The van der Waals surface area contributed by atoms with Gasteiger partial charge >= 0.3 is 0 Å². The summed E-state index contributed by atoms with van der Waals surface area (Å²) in [6, 6.07) is 4.30. The van der Waals surface area contributed by atoms with E-state index in [1.165, 1.54) is 0 Å². The molecule has 1 atom stereocenters. The molecule has 2 nitrogen and oxygen atoms in total. The summed E-state index contributed by atoms with van der Waals surface area (Å²) in [5.41, 5.74) is 0.786. The van der Waals surface area contributed by atoms with Crippen molar-refractivity contribution in [1.29, 1.82) is 10.5 Å². The van der Waals surface area contributed by atoms with Crippen LogP contribution < -0.4 is 0 Å². The third-order valence-electron chi connectivity index (χ3n) is 1.92. The number of rotatable bonds is 0. The van der Waals surface area contributed by atoms with E-state index in [1.54, 1.807) is 0 Å². The van der Waals surface area contributed by atoms with Gasteiger partial charge in [0.15, 0.2) is 0 Å². The number of nitriles is 2. The quantitative estimate of drug-likeness (QED) is 0.525. The molecule has 0 saturated heterocycles. The molecule has 2 heteroatoms. The Morgan fingerprint density at radius 1 is 1.36 bits per heavy atom. The van der Waals surface area contributed by atoms with E-state index in [9.17, 15) is 0 Å². The van der Waals surface area contributed by atoms with E-state index >= 15 is 0 Å². The SMILES string of the molecule is N#CC1=CC(C#N)CCCC1. The molecule has 1 unspecified atom stereocenters. The third kappa shape index (κ3) is 2.09. The highest BCUT2D eigenvalue weighted by Gasteiger charge is 2.10. The van der Waals surface area contributed by atoms with E-state index in [1.807, 2.05) is 6.08 Å². The van der Waals surface area contributed by atoms with Gasteiger partial charge in [0.2, 0.25) is 0 Å². The van der Waals surface area contributed by atoms with E-state index in [2.05, 4.69) is 12.1 Å². The Morgan fingerprint density at radius 2 is 2.18 bits per heavy atom. The van der Waals surface area contributed by atoms with Crippen molar-refractivity contribution in [3.63, 3.8) is 0 Å². The van der Waals surface area contributed by atoms with Crippen LogP contribution in [0.1, 0.15) is 25.7 Å². The van der Waals surface area contributed by atoms with Crippen molar-refractivity contribution < 1.29 is 0 Å². The highest BCUT2D eigenvalue weighted by atomic mass is 14.3. The Kier molecular flexibility index (Phi) is 2.69. The average molecular weight is 146 g/mol. The predicted octanol–water partition coefficient (Wildman–Crippen LogP) is 2.15. The van der Waals surface area contributed by atoms with Crippen LogP contribution in [-0.4, -0.2) is 0 Å². The molecule has 0 saturated carbocycles. The minimum Gasteiger partial charge on any atom is -0.198 e. The molecule has 56 valence electrons. The van der Waals surface area contributed by atoms with E-state index in [0.29, 0.717) is 0 Å². The van der Waals surface area contributed by atoms with Crippen molar-refractivity contribution in [2.45, 2.75) is 25.7 Å². The maximum Gasteiger partial charge on any atom is 0.0944 e. The standard InChI is InChI=1S/C9H10N2/c10-6-8-3-1-2-4-9(5-8)7-11/h5,8H,1-4H2. The number of hydrogen-bond donors (Lipinski definition) is 0. The molecule has 0 aromatic carbocycles. The van der Waals surface area contributed by atoms with Crippen LogP contribution in [0.15, 0.2) is 11.6 Å². The Hall–Kier alpha value is -1.28. The average Bonchev–Trinajstić information content (AvgIpc) is 2.28. The summed E-state index contributed by atoms with van der Waals surface area (Å²) in [4.78, 5) is 0. The lowest BCUT2D eigenvalue weighted by atomic mass is 10.1. The van der Waals surface area contributed by atoms with Crippen LogP contribution in [0.3, 0.4) is 0 Å². The molecule has 0 fully saturated rings. The van der Waals surface area contributed by atoms with Gasteiger partial charge in [-0.15, -0.1) is 0 Å². The lowest BCUT2D eigenvalue weighted by Gasteiger charge is -1.96. The Morgan fingerprint density at radius 3 is 2.82 bits per heavy atom. The maximum absolute atomic E-state index is 8.63. The highest BCUT2D eigenvalue weighted by molar-refractivity contribution is 5.24. The van der Waals surface area contributed by atoms with Gasteiger partial charge in [0.05, 0.1) is 18.1 Å². The number of nitrogens with zero attached hydrogens (tertiary/aromatic N) is 2. The molecule has 0 N–H and O–H groups in total. The second kappa shape index (κ2) is 3.78. The van der Waals surface area contributed by atoms with Crippen LogP contribution >= 0.6 is 0 Å². The van der Waals surface area contributed by atoms with E-state index in [-0.39, 0.29) is 5.92 Å². The lowest BCUT2D eigenvalue weighted by Crippen LogP contribution is -1.89. The molecule has 0 heterocycles. The molecule has 0 radical (unpaired) electrons. The van der Waals surface area contributed by atoms with Gasteiger partial charge in [-0.3, -0.25) is 0 Å². The van der Waals surface area contributed by atoms with Crippen LogP contribution in [-0.2, 0) is 0 Å². The Bertz CT molecular complexity index is 239.